The van der Waals surface area contributed by atoms with Gasteiger partial charge in [0.05, 0.1) is 5.75 Å². The van der Waals surface area contributed by atoms with E-state index in [1.165, 1.54) is 0 Å². The molecule has 1 saturated heterocycles. The monoisotopic (exact) mass is 301 g/mol. The van der Waals surface area contributed by atoms with Gasteiger partial charge < -0.3 is 0 Å². The van der Waals surface area contributed by atoms with Crippen molar-refractivity contribution < 1.29 is 8.42 Å². The maximum Gasteiger partial charge on any atom is 0.218 e. The van der Waals surface area contributed by atoms with Crippen LogP contribution in [-0.4, -0.2) is 25.8 Å². The molecule has 5 heteroatoms. The van der Waals surface area contributed by atoms with Gasteiger partial charge in [0, 0.05) is 19.0 Å². The highest BCUT2D eigenvalue weighted by atomic mass is 35.5. The summed E-state index contributed by atoms with van der Waals surface area (Å²) in [5.41, 5.74) is 1.78. The van der Waals surface area contributed by atoms with Gasteiger partial charge in [0.25, 0.3) is 0 Å². The average molecular weight is 302 g/mol. The molecule has 0 saturated carbocycles. The van der Waals surface area contributed by atoms with Crippen molar-refractivity contribution in [1.82, 2.24) is 4.31 Å². The molecule has 0 aromatic heterocycles. The number of halogens is 1. The van der Waals surface area contributed by atoms with E-state index in [4.69, 9.17) is 11.6 Å². The van der Waals surface area contributed by atoms with Crippen LogP contribution in [0.5, 0.6) is 0 Å². The fourth-order valence-electron chi connectivity index (χ4n) is 2.49. The molecule has 1 aromatic rings. The first-order valence-electron chi connectivity index (χ1n) is 6.66. The first kappa shape index (κ1) is 14.8. The van der Waals surface area contributed by atoms with Crippen molar-refractivity contribution >= 4 is 21.6 Å². The van der Waals surface area contributed by atoms with E-state index in [1.54, 1.807) is 4.31 Å². The lowest BCUT2D eigenvalue weighted by Gasteiger charge is -2.16. The first-order chi connectivity index (χ1) is 9.05. The van der Waals surface area contributed by atoms with Crippen LogP contribution in [-0.2, 0) is 21.7 Å². The standard InChI is InChI=1S/C14H20ClNO2S/c1-2-12-6-7-16(10-12)19(17,18)11-14-5-3-4-13(8-14)9-15/h3-5,8,12H,2,6-7,9-11H2,1H3. The smallest absolute Gasteiger partial charge is 0.212 e. The quantitative estimate of drug-likeness (QED) is 0.784. The Bertz CT molecular complexity index is 530. The largest absolute Gasteiger partial charge is 0.218 e. The topological polar surface area (TPSA) is 37.4 Å². The third kappa shape index (κ3) is 3.71. The minimum absolute atomic E-state index is 0.0775. The lowest BCUT2D eigenvalue weighted by Crippen LogP contribution is -2.30. The fraction of sp³-hybridized carbons (Fsp3) is 0.571. The van der Waals surface area contributed by atoms with Gasteiger partial charge in [-0.25, -0.2) is 12.7 Å². The summed E-state index contributed by atoms with van der Waals surface area (Å²) in [5.74, 6) is 1.01. The highest BCUT2D eigenvalue weighted by Gasteiger charge is 2.30. The lowest BCUT2D eigenvalue weighted by atomic mass is 10.1. The molecule has 1 aliphatic rings. The molecule has 2 rings (SSSR count). The molecule has 1 unspecified atom stereocenters. The van der Waals surface area contributed by atoms with Gasteiger partial charge in [0.15, 0.2) is 0 Å². The Labute approximate surface area is 120 Å². The summed E-state index contributed by atoms with van der Waals surface area (Å²) in [6, 6.07) is 7.49. The molecule has 1 heterocycles. The van der Waals surface area contributed by atoms with E-state index in [2.05, 4.69) is 6.92 Å². The van der Waals surface area contributed by atoms with Crippen molar-refractivity contribution in [2.45, 2.75) is 31.4 Å². The second kappa shape index (κ2) is 6.25. The molecular formula is C14H20ClNO2S. The zero-order valence-corrected chi connectivity index (χ0v) is 12.8. The second-order valence-electron chi connectivity index (χ2n) is 5.13. The van der Waals surface area contributed by atoms with Gasteiger partial charge in [0.2, 0.25) is 10.0 Å². The molecule has 0 bridgehead atoms. The summed E-state index contributed by atoms with van der Waals surface area (Å²) in [4.78, 5) is 0. The van der Waals surface area contributed by atoms with Crippen LogP contribution < -0.4 is 0 Å². The zero-order chi connectivity index (χ0) is 13.9. The molecule has 0 radical (unpaired) electrons. The summed E-state index contributed by atoms with van der Waals surface area (Å²) < 4.78 is 26.3. The number of hydrogen-bond acceptors (Lipinski definition) is 2. The molecule has 1 aliphatic heterocycles. The number of alkyl halides is 1. The summed E-state index contributed by atoms with van der Waals surface area (Å²) in [6.07, 6.45) is 2.03. The summed E-state index contributed by atoms with van der Waals surface area (Å²) in [7, 11) is -3.19. The Hall–Kier alpha value is -0.580. The van der Waals surface area contributed by atoms with Crippen molar-refractivity contribution in [3.05, 3.63) is 35.4 Å². The van der Waals surface area contributed by atoms with Crippen LogP contribution in [0.15, 0.2) is 24.3 Å². The third-order valence-electron chi connectivity index (χ3n) is 3.71. The van der Waals surface area contributed by atoms with Crippen LogP contribution in [0, 0.1) is 5.92 Å². The Morgan fingerprint density at radius 3 is 2.74 bits per heavy atom. The number of nitrogens with zero attached hydrogens (tertiary/aromatic N) is 1. The Balaban J connectivity index is 2.08. The Kier molecular flexibility index (Phi) is 4.87. The van der Waals surface area contributed by atoms with Crippen LogP contribution in [0.4, 0.5) is 0 Å². The maximum atomic E-state index is 12.4. The predicted molar refractivity (Wildman–Crippen MR) is 78.6 cm³/mol. The van der Waals surface area contributed by atoms with E-state index < -0.39 is 10.0 Å². The van der Waals surface area contributed by atoms with Gasteiger partial charge in [-0.15, -0.1) is 11.6 Å². The number of rotatable bonds is 5. The molecule has 1 aromatic carbocycles. The molecule has 0 N–H and O–H groups in total. The van der Waals surface area contributed by atoms with Crippen molar-refractivity contribution in [1.29, 1.82) is 0 Å². The zero-order valence-electron chi connectivity index (χ0n) is 11.2. The SMILES string of the molecule is CCC1CCN(S(=O)(=O)Cc2cccc(CCl)c2)C1. The van der Waals surface area contributed by atoms with Gasteiger partial charge in [-0.1, -0.05) is 37.6 Å². The van der Waals surface area contributed by atoms with Gasteiger partial charge in [-0.05, 0) is 23.5 Å². The van der Waals surface area contributed by atoms with Crippen molar-refractivity contribution in [2.24, 2.45) is 5.92 Å². The molecule has 106 valence electrons. The highest BCUT2D eigenvalue weighted by Crippen LogP contribution is 2.24. The van der Waals surface area contributed by atoms with E-state index in [0.717, 1.165) is 24.0 Å². The second-order valence-corrected chi connectivity index (χ2v) is 7.37. The van der Waals surface area contributed by atoms with E-state index in [1.807, 2.05) is 24.3 Å². The minimum Gasteiger partial charge on any atom is -0.212 e. The number of sulfonamides is 1. The molecule has 0 spiro atoms. The van der Waals surface area contributed by atoms with Gasteiger partial charge in [-0.3, -0.25) is 0 Å². The average Bonchev–Trinajstić information content (AvgIpc) is 2.88. The van der Waals surface area contributed by atoms with Crippen LogP contribution >= 0.6 is 11.6 Å². The molecular weight excluding hydrogens is 282 g/mol. The van der Waals surface area contributed by atoms with E-state index >= 15 is 0 Å². The Morgan fingerprint density at radius 1 is 1.37 bits per heavy atom. The van der Waals surface area contributed by atoms with E-state index in [0.29, 0.717) is 24.9 Å². The molecule has 0 amide bonds. The summed E-state index contributed by atoms with van der Waals surface area (Å²) in [6.45, 7) is 3.45. The van der Waals surface area contributed by atoms with Crippen LogP contribution in [0.2, 0.25) is 0 Å². The van der Waals surface area contributed by atoms with Gasteiger partial charge >= 0.3 is 0 Å². The molecule has 1 fully saturated rings. The molecule has 0 aliphatic carbocycles. The normalized spacial score (nSPS) is 20.8. The molecule has 1 atom stereocenters. The van der Waals surface area contributed by atoms with Crippen LogP contribution in [0.1, 0.15) is 30.9 Å². The summed E-state index contributed by atoms with van der Waals surface area (Å²) >= 11 is 5.78. The first-order valence-corrected chi connectivity index (χ1v) is 8.81. The third-order valence-corrected chi connectivity index (χ3v) is 5.84. The minimum atomic E-state index is -3.19. The van der Waals surface area contributed by atoms with Crippen LogP contribution in [0.25, 0.3) is 0 Å². The van der Waals surface area contributed by atoms with E-state index in [-0.39, 0.29) is 5.75 Å². The van der Waals surface area contributed by atoms with Crippen molar-refractivity contribution in [3.63, 3.8) is 0 Å². The Morgan fingerprint density at radius 2 is 2.11 bits per heavy atom. The van der Waals surface area contributed by atoms with Gasteiger partial charge in [-0.2, -0.15) is 0 Å². The highest BCUT2D eigenvalue weighted by molar-refractivity contribution is 7.88. The number of hydrogen-bond donors (Lipinski definition) is 0. The maximum absolute atomic E-state index is 12.4. The predicted octanol–water partition coefficient (Wildman–Crippen LogP) is 2.99. The number of benzene rings is 1. The fourth-order valence-corrected chi connectivity index (χ4v) is 4.26. The van der Waals surface area contributed by atoms with Gasteiger partial charge in [0.1, 0.15) is 0 Å². The molecule has 19 heavy (non-hydrogen) atoms. The lowest BCUT2D eigenvalue weighted by molar-refractivity contribution is 0.452. The summed E-state index contributed by atoms with van der Waals surface area (Å²) in [5, 5.41) is 0. The van der Waals surface area contributed by atoms with Crippen LogP contribution in [0.3, 0.4) is 0 Å². The van der Waals surface area contributed by atoms with Crippen molar-refractivity contribution in [2.75, 3.05) is 13.1 Å². The van der Waals surface area contributed by atoms with E-state index in [9.17, 15) is 8.42 Å². The molecule has 3 nitrogen and oxygen atoms in total. The van der Waals surface area contributed by atoms with Crippen molar-refractivity contribution in [3.8, 4) is 0 Å².